The van der Waals surface area contributed by atoms with Crippen LogP contribution in [0.5, 0.6) is 0 Å². The number of imidazole rings is 1. The van der Waals surface area contributed by atoms with Crippen LogP contribution in [0.1, 0.15) is 65.5 Å². The number of alkyl halides is 2. The molecule has 1 saturated heterocycles. The van der Waals surface area contributed by atoms with Gasteiger partial charge in [-0.05, 0) is 59.0 Å². The van der Waals surface area contributed by atoms with Crippen molar-refractivity contribution in [2.24, 2.45) is 0 Å². The summed E-state index contributed by atoms with van der Waals surface area (Å²) in [5, 5.41) is 10.0. The van der Waals surface area contributed by atoms with Crippen molar-refractivity contribution in [1.29, 1.82) is 0 Å². The summed E-state index contributed by atoms with van der Waals surface area (Å²) in [4.78, 5) is 4.35. The summed E-state index contributed by atoms with van der Waals surface area (Å²) in [6.45, 7) is 9.47. The summed E-state index contributed by atoms with van der Waals surface area (Å²) in [5.74, 6) is 0. The van der Waals surface area contributed by atoms with E-state index in [0.717, 1.165) is 0 Å². The van der Waals surface area contributed by atoms with Gasteiger partial charge in [-0.1, -0.05) is 6.07 Å². The Morgan fingerprint density at radius 2 is 1.74 bits per heavy atom. The van der Waals surface area contributed by atoms with Gasteiger partial charge >= 0.3 is 7.12 Å². The molecule has 0 bridgehead atoms. The molecule has 2 aromatic rings. The molecule has 0 atom stereocenters. The third-order valence-electron chi connectivity index (χ3n) is 6.23. The first-order valence-electron chi connectivity index (χ1n) is 9.27. The van der Waals surface area contributed by atoms with Crippen LogP contribution in [-0.2, 0) is 9.31 Å². The van der Waals surface area contributed by atoms with E-state index in [0.29, 0.717) is 29.3 Å². The maximum atomic E-state index is 13.9. The SMILES string of the molecule is CC1(O)CC(n2cnc3cc(B4OC(C)(C)C(C)(C)O4)cc(C(F)F)c32)C1. The Morgan fingerprint density at radius 1 is 1.15 bits per heavy atom. The molecule has 1 saturated carbocycles. The fourth-order valence-corrected chi connectivity index (χ4v) is 3.94. The number of halogens is 2. The Balaban J connectivity index is 1.76. The van der Waals surface area contributed by atoms with Crippen LogP contribution in [0.2, 0.25) is 0 Å². The lowest BCUT2D eigenvalue weighted by Gasteiger charge is -2.41. The number of nitrogens with zero attached hydrogens (tertiary/aromatic N) is 2. The lowest BCUT2D eigenvalue weighted by Crippen LogP contribution is -2.41. The predicted molar refractivity (Wildman–Crippen MR) is 99.3 cm³/mol. The molecule has 0 amide bonds. The van der Waals surface area contributed by atoms with E-state index in [9.17, 15) is 13.9 Å². The van der Waals surface area contributed by atoms with Crippen LogP contribution in [0, 0.1) is 0 Å². The molecule has 0 spiro atoms. The van der Waals surface area contributed by atoms with Crippen molar-refractivity contribution in [3.05, 3.63) is 24.0 Å². The van der Waals surface area contributed by atoms with Crippen LogP contribution < -0.4 is 5.46 Å². The highest BCUT2D eigenvalue weighted by Gasteiger charge is 2.52. The van der Waals surface area contributed by atoms with E-state index in [-0.39, 0.29) is 11.6 Å². The fraction of sp³-hybridized carbons (Fsp3) is 0.632. The van der Waals surface area contributed by atoms with Gasteiger partial charge in [0.1, 0.15) is 0 Å². The predicted octanol–water partition coefficient (Wildman–Crippen LogP) is 3.36. The molecular weight excluding hydrogens is 353 g/mol. The third kappa shape index (κ3) is 2.98. The van der Waals surface area contributed by atoms with E-state index in [1.165, 1.54) is 6.07 Å². The zero-order valence-electron chi connectivity index (χ0n) is 16.3. The highest BCUT2D eigenvalue weighted by Crippen LogP contribution is 2.43. The number of aliphatic hydroxyl groups is 1. The van der Waals surface area contributed by atoms with Crippen molar-refractivity contribution in [3.8, 4) is 0 Å². The van der Waals surface area contributed by atoms with Gasteiger partial charge in [0.2, 0.25) is 0 Å². The number of hydrogen-bond acceptors (Lipinski definition) is 4. The van der Waals surface area contributed by atoms with Gasteiger partial charge in [-0.2, -0.15) is 0 Å². The Kier molecular flexibility index (Phi) is 4.01. The first kappa shape index (κ1) is 18.8. The van der Waals surface area contributed by atoms with E-state index in [1.807, 2.05) is 27.7 Å². The quantitative estimate of drug-likeness (QED) is 0.833. The van der Waals surface area contributed by atoms with E-state index in [4.69, 9.17) is 9.31 Å². The third-order valence-corrected chi connectivity index (χ3v) is 6.23. The molecule has 2 heterocycles. The Morgan fingerprint density at radius 3 is 2.26 bits per heavy atom. The molecule has 8 heteroatoms. The molecule has 4 rings (SSSR count). The molecule has 1 N–H and O–H groups in total. The molecule has 1 aromatic heterocycles. The molecule has 2 aliphatic rings. The molecule has 1 aromatic carbocycles. The maximum absolute atomic E-state index is 13.9. The van der Waals surface area contributed by atoms with E-state index >= 15 is 0 Å². The topological polar surface area (TPSA) is 56.5 Å². The second-order valence-electron chi connectivity index (χ2n) is 9.08. The Bertz CT molecular complexity index is 870. The van der Waals surface area contributed by atoms with Gasteiger partial charge in [0.25, 0.3) is 6.43 Å². The summed E-state index contributed by atoms with van der Waals surface area (Å²) < 4.78 is 41.6. The van der Waals surface area contributed by atoms with Crippen molar-refractivity contribution in [3.63, 3.8) is 0 Å². The Hall–Kier alpha value is -1.51. The number of benzene rings is 1. The summed E-state index contributed by atoms with van der Waals surface area (Å²) >= 11 is 0. The zero-order valence-corrected chi connectivity index (χ0v) is 16.3. The number of rotatable bonds is 3. The van der Waals surface area contributed by atoms with Gasteiger partial charge in [0, 0.05) is 11.6 Å². The van der Waals surface area contributed by atoms with Crippen LogP contribution in [0.3, 0.4) is 0 Å². The second kappa shape index (κ2) is 5.75. The van der Waals surface area contributed by atoms with Crippen LogP contribution >= 0.6 is 0 Å². The van der Waals surface area contributed by atoms with Crippen LogP contribution in [0.4, 0.5) is 8.78 Å². The van der Waals surface area contributed by atoms with Crippen molar-refractivity contribution in [2.75, 3.05) is 0 Å². The first-order chi connectivity index (χ1) is 12.4. The van der Waals surface area contributed by atoms with E-state index in [2.05, 4.69) is 4.98 Å². The summed E-state index contributed by atoms with van der Waals surface area (Å²) in [5.41, 5.74) is -0.462. The molecular formula is C19H25BF2N2O3. The molecule has 1 aliphatic carbocycles. The number of fused-ring (bicyclic) bond motifs is 1. The minimum absolute atomic E-state index is 0.0230. The zero-order chi connectivity index (χ0) is 19.8. The molecule has 5 nitrogen and oxygen atoms in total. The van der Waals surface area contributed by atoms with Crippen LogP contribution in [-0.4, -0.2) is 38.6 Å². The summed E-state index contributed by atoms with van der Waals surface area (Å²) in [6, 6.07) is 3.20. The molecule has 146 valence electrons. The first-order valence-corrected chi connectivity index (χ1v) is 9.27. The highest BCUT2D eigenvalue weighted by atomic mass is 19.3. The average molecular weight is 378 g/mol. The fourth-order valence-electron chi connectivity index (χ4n) is 3.94. The minimum Gasteiger partial charge on any atom is -0.399 e. The lowest BCUT2D eigenvalue weighted by atomic mass is 9.76. The van der Waals surface area contributed by atoms with E-state index < -0.39 is 30.3 Å². The number of aromatic nitrogens is 2. The minimum atomic E-state index is -2.65. The van der Waals surface area contributed by atoms with Gasteiger partial charge in [0.15, 0.2) is 0 Å². The Labute approximate surface area is 157 Å². The molecule has 0 radical (unpaired) electrons. The van der Waals surface area contributed by atoms with Crippen LogP contribution in [0.15, 0.2) is 18.5 Å². The van der Waals surface area contributed by atoms with Gasteiger partial charge in [-0.25, -0.2) is 13.8 Å². The van der Waals surface area contributed by atoms with Gasteiger partial charge in [-0.15, -0.1) is 0 Å². The standard InChI is InChI=1S/C19H25BF2N2O3/c1-17(2)18(3,4)27-20(26-17)11-6-13(16(21)22)15-14(7-11)23-10-24(15)12-8-19(5,25)9-12/h6-7,10,12,16,25H,8-9H2,1-5H3. The average Bonchev–Trinajstić information content (AvgIpc) is 3.02. The molecule has 27 heavy (non-hydrogen) atoms. The van der Waals surface area contributed by atoms with Gasteiger partial charge in [-0.3, -0.25) is 0 Å². The van der Waals surface area contributed by atoms with Crippen molar-refractivity contribution >= 4 is 23.6 Å². The molecule has 0 unspecified atom stereocenters. The second-order valence-corrected chi connectivity index (χ2v) is 9.08. The molecule has 2 fully saturated rings. The lowest BCUT2D eigenvalue weighted by molar-refractivity contribution is -0.0499. The number of hydrogen-bond donors (Lipinski definition) is 1. The normalized spacial score (nSPS) is 29.5. The van der Waals surface area contributed by atoms with Gasteiger partial charge in [0.05, 0.1) is 34.2 Å². The summed E-state index contributed by atoms with van der Waals surface area (Å²) in [6.07, 6.45) is -0.00375. The largest absolute Gasteiger partial charge is 0.494 e. The van der Waals surface area contributed by atoms with Crippen LogP contribution in [0.25, 0.3) is 11.0 Å². The highest BCUT2D eigenvalue weighted by molar-refractivity contribution is 6.62. The summed E-state index contributed by atoms with van der Waals surface area (Å²) in [7, 11) is -0.716. The van der Waals surface area contributed by atoms with Crippen molar-refractivity contribution in [1.82, 2.24) is 9.55 Å². The smallest absolute Gasteiger partial charge is 0.399 e. The van der Waals surface area contributed by atoms with Gasteiger partial charge < -0.3 is 19.0 Å². The van der Waals surface area contributed by atoms with Crippen molar-refractivity contribution in [2.45, 2.75) is 76.7 Å². The van der Waals surface area contributed by atoms with Crippen molar-refractivity contribution < 1.29 is 23.2 Å². The monoisotopic (exact) mass is 378 g/mol. The molecule has 1 aliphatic heterocycles. The maximum Gasteiger partial charge on any atom is 0.494 e. The van der Waals surface area contributed by atoms with E-state index in [1.54, 1.807) is 23.9 Å².